The number of carbonyl (C=O) groups is 1. The summed E-state index contributed by atoms with van der Waals surface area (Å²) < 4.78 is 15.7. The first-order valence-electron chi connectivity index (χ1n) is 6.31. The van der Waals surface area contributed by atoms with Crippen LogP contribution in [-0.4, -0.2) is 32.4 Å². The maximum Gasteiger partial charge on any atom is 0.309 e. The van der Waals surface area contributed by atoms with E-state index in [0.717, 1.165) is 11.1 Å². The highest BCUT2D eigenvalue weighted by Gasteiger charge is 2.29. The number of carboxylic acid groups (broad SMARTS) is 1. The fourth-order valence-electron chi connectivity index (χ4n) is 1.97. The van der Waals surface area contributed by atoms with E-state index in [4.69, 9.17) is 14.2 Å². The molecule has 5 heteroatoms. The zero-order valence-corrected chi connectivity index (χ0v) is 12.6. The molecular formula is C15H22O5. The first kappa shape index (κ1) is 16.3. The lowest BCUT2D eigenvalue weighted by molar-refractivity contribution is -0.146. The van der Waals surface area contributed by atoms with E-state index in [-0.39, 0.29) is 0 Å². The third-order valence-corrected chi connectivity index (χ3v) is 3.22. The predicted octanol–water partition coefficient (Wildman–Crippen LogP) is 2.50. The van der Waals surface area contributed by atoms with Gasteiger partial charge < -0.3 is 19.3 Å². The van der Waals surface area contributed by atoms with Gasteiger partial charge in [0.1, 0.15) is 0 Å². The molecule has 1 N–H and O–H groups in total. The van der Waals surface area contributed by atoms with Gasteiger partial charge in [0.05, 0.1) is 26.2 Å². The summed E-state index contributed by atoms with van der Waals surface area (Å²) in [4.78, 5) is 11.3. The molecule has 0 atom stereocenters. The smallest absolute Gasteiger partial charge is 0.309 e. The zero-order chi connectivity index (χ0) is 15.3. The van der Waals surface area contributed by atoms with Crippen molar-refractivity contribution in [2.45, 2.75) is 26.9 Å². The zero-order valence-electron chi connectivity index (χ0n) is 12.6. The van der Waals surface area contributed by atoms with Gasteiger partial charge in [-0.2, -0.15) is 0 Å². The summed E-state index contributed by atoms with van der Waals surface area (Å²) in [6.07, 6.45) is 0.390. The van der Waals surface area contributed by atoms with Crippen molar-refractivity contribution in [2.24, 2.45) is 5.41 Å². The number of hydrogen-bond acceptors (Lipinski definition) is 4. The molecule has 0 aliphatic heterocycles. The van der Waals surface area contributed by atoms with E-state index in [1.54, 1.807) is 35.2 Å². The summed E-state index contributed by atoms with van der Waals surface area (Å²) in [7, 11) is 4.72. The van der Waals surface area contributed by atoms with Crippen LogP contribution in [0.15, 0.2) is 12.1 Å². The van der Waals surface area contributed by atoms with Gasteiger partial charge >= 0.3 is 5.97 Å². The van der Waals surface area contributed by atoms with Gasteiger partial charge in [-0.25, -0.2) is 0 Å². The molecule has 0 aromatic heterocycles. The molecule has 0 bridgehead atoms. The minimum absolute atomic E-state index is 0.390. The number of ether oxygens (including phenoxy) is 3. The second-order valence-electron chi connectivity index (χ2n) is 5.27. The first-order chi connectivity index (χ1) is 9.35. The largest absolute Gasteiger partial charge is 0.493 e. The number of carboxylic acids is 1. The maximum absolute atomic E-state index is 11.3. The fraction of sp³-hybridized carbons (Fsp3) is 0.533. The van der Waals surface area contributed by atoms with Crippen LogP contribution in [0.1, 0.15) is 25.0 Å². The normalized spacial score (nSPS) is 11.2. The van der Waals surface area contributed by atoms with Gasteiger partial charge in [0.2, 0.25) is 0 Å². The molecule has 0 spiro atoms. The number of methoxy groups -OCH3 is 3. The van der Waals surface area contributed by atoms with Crippen LogP contribution in [0.5, 0.6) is 11.5 Å². The molecule has 0 saturated heterocycles. The molecule has 0 aliphatic carbocycles. The second kappa shape index (κ2) is 6.61. The van der Waals surface area contributed by atoms with Crippen molar-refractivity contribution < 1.29 is 24.1 Å². The van der Waals surface area contributed by atoms with E-state index in [1.165, 1.54) is 0 Å². The van der Waals surface area contributed by atoms with Gasteiger partial charge in [-0.05, 0) is 43.5 Å². The van der Waals surface area contributed by atoms with Crippen molar-refractivity contribution in [1.82, 2.24) is 0 Å². The van der Waals surface area contributed by atoms with Crippen LogP contribution in [0.4, 0.5) is 0 Å². The molecule has 0 saturated carbocycles. The Hall–Kier alpha value is -1.75. The average Bonchev–Trinajstić information content (AvgIpc) is 2.39. The molecule has 1 aromatic carbocycles. The first-order valence-corrected chi connectivity index (χ1v) is 6.31. The molecule has 0 unspecified atom stereocenters. The van der Waals surface area contributed by atoms with Gasteiger partial charge in [-0.1, -0.05) is 0 Å². The highest BCUT2D eigenvalue weighted by Crippen LogP contribution is 2.34. The Balaban J connectivity index is 3.25. The standard InChI is InChI=1S/C15H22O5/c1-15(2,14(16)17)8-10-6-12(19-4)13(20-5)7-11(10)9-18-3/h6-7H,8-9H2,1-5H3,(H,16,17). The quantitative estimate of drug-likeness (QED) is 0.832. The molecular weight excluding hydrogens is 260 g/mol. The summed E-state index contributed by atoms with van der Waals surface area (Å²) in [5.41, 5.74) is 0.929. The molecule has 5 nitrogen and oxygen atoms in total. The molecule has 1 rings (SSSR count). The van der Waals surface area contributed by atoms with Gasteiger partial charge in [-0.3, -0.25) is 4.79 Å². The van der Waals surface area contributed by atoms with Crippen molar-refractivity contribution in [2.75, 3.05) is 21.3 Å². The highest BCUT2D eigenvalue weighted by atomic mass is 16.5. The van der Waals surface area contributed by atoms with Crippen molar-refractivity contribution in [3.63, 3.8) is 0 Å². The third-order valence-electron chi connectivity index (χ3n) is 3.22. The number of aliphatic carboxylic acids is 1. The van der Waals surface area contributed by atoms with Crippen molar-refractivity contribution in [1.29, 1.82) is 0 Å². The maximum atomic E-state index is 11.3. The Bertz CT molecular complexity index is 479. The minimum atomic E-state index is -0.859. The lowest BCUT2D eigenvalue weighted by Gasteiger charge is -2.22. The second-order valence-corrected chi connectivity index (χ2v) is 5.27. The van der Waals surface area contributed by atoms with Crippen LogP contribution >= 0.6 is 0 Å². The Kier molecular flexibility index (Phi) is 5.39. The Morgan fingerprint density at radius 3 is 2.00 bits per heavy atom. The van der Waals surface area contributed by atoms with Crippen LogP contribution in [0.25, 0.3) is 0 Å². The van der Waals surface area contributed by atoms with Crippen LogP contribution in [0, 0.1) is 5.41 Å². The topological polar surface area (TPSA) is 65.0 Å². The fourth-order valence-corrected chi connectivity index (χ4v) is 1.97. The van der Waals surface area contributed by atoms with Gasteiger partial charge in [-0.15, -0.1) is 0 Å². The average molecular weight is 282 g/mol. The molecule has 20 heavy (non-hydrogen) atoms. The number of benzene rings is 1. The summed E-state index contributed by atoms with van der Waals surface area (Å²) in [5.74, 6) is 0.357. The van der Waals surface area contributed by atoms with E-state index >= 15 is 0 Å². The number of rotatable bonds is 7. The monoisotopic (exact) mass is 282 g/mol. The van der Waals surface area contributed by atoms with E-state index in [2.05, 4.69) is 0 Å². The molecule has 0 fully saturated rings. The number of hydrogen-bond donors (Lipinski definition) is 1. The Morgan fingerprint density at radius 1 is 1.10 bits per heavy atom. The molecule has 112 valence electrons. The molecule has 0 amide bonds. The summed E-state index contributed by atoms with van der Waals surface area (Å²) >= 11 is 0. The molecule has 1 aromatic rings. The van der Waals surface area contributed by atoms with Crippen LogP contribution in [-0.2, 0) is 22.6 Å². The SMILES string of the molecule is COCc1cc(OC)c(OC)cc1CC(C)(C)C(=O)O. The Labute approximate surface area is 119 Å². The Morgan fingerprint density at radius 2 is 1.60 bits per heavy atom. The van der Waals surface area contributed by atoms with Gasteiger partial charge in [0.15, 0.2) is 11.5 Å². The van der Waals surface area contributed by atoms with E-state index in [9.17, 15) is 9.90 Å². The molecule has 0 radical (unpaired) electrons. The van der Waals surface area contributed by atoms with Gasteiger partial charge in [0.25, 0.3) is 0 Å². The third kappa shape index (κ3) is 3.63. The predicted molar refractivity (Wildman–Crippen MR) is 75.4 cm³/mol. The summed E-state index contributed by atoms with van der Waals surface area (Å²) in [6, 6.07) is 3.65. The molecule has 0 heterocycles. The minimum Gasteiger partial charge on any atom is -0.493 e. The lowest BCUT2D eigenvalue weighted by Crippen LogP contribution is -2.26. The van der Waals surface area contributed by atoms with E-state index in [0.29, 0.717) is 24.5 Å². The van der Waals surface area contributed by atoms with Crippen LogP contribution in [0.3, 0.4) is 0 Å². The van der Waals surface area contributed by atoms with Crippen LogP contribution in [0.2, 0.25) is 0 Å². The van der Waals surface area contributed by atoms with Crippen LogP contribution < -0.4 is 9.47 Å². The summed E-state index contributed by atoms with van der Waals surface area (Å²) in [6.45, 7) is 3.79. The van der Waals surface area contributed by atoms with E-state index < -0.39 is 11.4 Å². The summed E-state index contributed by atoms with van der Waals surface area (Å²) in [5, 5.41) is 9.26. The van der Waals surface area contributed by atoms with Gasteiger partial charge in [0, 0.05) is 7.11 Å². The molecule has 0 aliphatic rings. The highest BCUT2D eigenvalue weighted by molar-refractivity contribution is 5.74. The van der Waals surface area contributed by atoms with Crippen molar-refractivity contribution >= 4 is 5.97 Å². The van der Waals surface area contributed by atoms with E-state index in [1.807, 2.05) is 12.1 Å². The van der Waals surface area contributed by atoms with Crippen molar-refractivity contribution in [3.8, 4) is 11.5 Å². The lowest BCUT2D eigenvalue weighted by atomic mass is 9.84. The van der Waals surface area contributed by atoms with Crippen molar-refractivity contribution in [3.05, 3.63) is 23.3 Å².